The number of amides is 1. The minimum Gasteiger partial charge on any atom is -0.355 e. The third kappa shape index (κ3) is 5.38. The molecule has 0 aliphatic heterocycles. The van der Waals surface area contributed by atoms with Crippen LogP contribution in [0.15, 0.2) is 0 Å². The van der Waals surface area contributed by atoms with E-state index in [1.807, 2.05) is 25.7 Å². The second-order valence-corrected chi connectivity index (χ2v) is 3.44. The summed E-state index contributed by atoms with van der Waals surface area (Å²) >= 11 is 0. The zero-order chi connectivity index (χ0) is 11.7. The van der Waals surface area contributed by atoms with Gasteiger partial charge in [0, 0.05) is 12.6 Å². The SMILES string of the molecule is CCNC(=O)CN(CC)C(CC)CC#N. The molecular weight excluding hydrogens is 190 g/mol. The van der Waals surface area contributed by atoms with E-state index >= 15 is 0 Å². The van der Waals surface area contributed by atoms with Gasteiger partial charge >= 0.3 is 0 Å². The number of hydrogen-bond donors (Lipinski definition) is 1. The largest absolute Gasteiger partial charge is 0.355 e. The van der Waals surface area contributed by atoms with Gasteiger partial charge in [0.05, 0.1) is 19.0 Å². The summed E-state index contributed by atoms with van der Waals surface area (Å²) in [5, 5.41) is 11.4. The van der Waals surface area contributed by atoms with E-state index in [4.69, 9.17) is 5.26 Å². The third-order valence-corrected chi connectivity index (χ3v) is 2.44. The van der Waals surface area contributed by atoms with Crippen LogP contribution >= 0.6 is 0 Å². The molecule has 1 atom stereocenters. The summed E-state index contributed by atoms with van der Waals surface area (Å²) in [4.78, 5) is 13.5. The van der Waals surface area contributed by atoms with E-state index in [0.29, 0.717) is 19.5 Å². The standard InChI is InChI=1S/C11H21N3O/c1-4-10(7-8-12)14(6-3)9-11(15)13-5-2/h10H,4-7,9H2,1-3H3,(H,13,15). The van der Waals surface area contributed by atoms with Crippen LogP contribution < -0.4 is 5.32 Å². The van der Waals surface area contributed by atoms with Crippen molar-refractivity contribution in [2.45, 2.75) is 39.7 Å². The quantitative estimate of drug-likeness (QED) is 0.687. The maximum atomic E-state index is 11.4. The normalized spacial score (nSPS) is 12.2. The lowest BCUT2D eigenvalue weighted by molar-refractivity contribution is -0.122. The van der Waals surface area contributed by atoms with Gasteiger partial charge < -0.3 is 5.32 Å². The van der Waals surface area contributed by atoms with Crippen LogP contribution in [0.5, 0.6) is 0 Å². The van der Waals surface area contributed by atoms with E-state index in [1.165, 1.54) is 0 Å². The Morgan fingerprint density at radius 2 is 2.13 bits per heavy atom. The van der Waals surface area contributed by atoms with Crippen molar-refractivity contribution >= 4 is 5.91 Å². The summed E-state index contributed by atoms with van der Waals surface area (Å²) in [5.74, 6) is 0.0377. The molecule has 0 spiro atoms. The van der Waals surface area contributed by atoms with E-state index in [2.05, 4.69) is 11.4 Å². The molecule has 0 saturated heterocycles. The van der Waals surface area contributed by atoms with Crippen LogP contribution in [0.1, 0.15) is 33.6 Å². The van der Waals surface area contributed by atoms with Gasteiger partial charge in [0.1, 0.15) is 0 Å². The van der Waals surface area contributed by atoms with Gasteiger partial charge in [-0.1, -0.05) is 13.8 Å². The van der Waals surface area contributed by atoms with Gasteiger partial charge in [-0.15, -0.1) is 0 Å². The van der Waals surface area contributed by atoms with E-state index < -0.39 is 0 Å². The predicted molar refractivity (Wildman–Crippen MR) is 60.2 cm³/mol. The molecule has 0 aliphatic carbocycles. The highest BCUT2D eigenvalue weighted by Gasteiger charge is 2.17. The van der Waals surface area contributed by atoms with Gasteiger partial charge in [0.2, 0.25) is 5.91 Å². The minimum atomic E-state index is 0.0377. The first-order valence-corrected chi connectivity index (χ1v) is 5.57. The Bertz CT molecular complexity index is 222. The van der Waals surface area contributed by atoms with Crippen LogP contribution in [-0.2, 0) is 4.79 Å². The van der Waals surface area contributed by atoms with Gasteiger partial charge in [-0.05, 0) is 19.9 Å². The van der Waals surface area contributed by atoms with E-state index in [1.54, 1.807) is 0 Å². The van der Waals surface area contributed by atoms with E-state index in [0.717, 1.165) is 13.0 Å². The van der Waals surface area contributed by atoms with Crippen LogP contribution in [0.2, 0.25) is 0 Å². The summed E-state index contributed by atoms with van der Waals surface area (Å²) in [6, 6.07) is 2.36. The van der Waals surface area contributed by atoms with Gasteiger partial charge in [0.15, 0.2) is 0 Å². The first-order valence-electron chi connectivity index (χ1n) is 5.57. The highest BCUT2D eigenvalue weighted by molar-refractivity contribution is 5.77. The number of hydrogen-bond acceptors (Lipinski definition) is 3. The van der Waals surface area contributed by atoms with Crippen LogP contribution in [-0.4, -0.2) is 36.5 Å². The molecule has 0 rings (SSSR count). The lowest BCUT2D eigenvalue weighted by atomic mass is 10.1. The number of likely N-dealkylation sites (N-methyl/N-ethyl adjacent to an activating group) is 2. The molecule has 0 heterocycles. The van der Waals surface area contributed by atoms with Crippen molar-refractivity contribution in [3.05, 3.63) is 0 Å². The van der Waals surface area contributed by atoms with Crippen LogP contribution in [0.25, 0.3) is 0 Å². The lowest BCUT2D eigenvalue weighted by Crippen LogP contribution is -2.42. The fourth-order valence-electron chi connectivity index (χ4n) is 1.57. The van der Waals surface area contributed by atoms with Gasteiger partial charge in [-0.3, -0.25) is 9.69 Å². The summed E-state index contributed by atoms with van der Waals surface area (Å²) < 4.78 is 0. The molecule has 0 aromatic heterocycles. The predicted octanol–water partition coefficient (Wildman–Crippen LogP) is 1.14. The molecule has 0 aromatic carbocycles. The molecule has 0 aliphatic rings. The van der Waals surface area contributed by atoms with Gasteiger partial charge in [0.25, 0.3) is 0 Å². The topological polar surface area (TPSA) is 56.1 Å². The Hall–Kier alpha value is -1.08. The van der Waals surface area contributed by atoms with Crippen molar-refractivity contribution in [1.82, 2.24) is 10.2 Å². The van der Waals surface area contributed by atoms with Crippen molar-refractivity contribution in [2.75, 3.05) is 19.6 Å². The fourth-order valence-corrected chi connectivity index (χ4v) is 1.57. The minimum absolute atomic E-state index is 0.0377. The molecule has 0 radical (unpaired) electrons. The van der Waals surface area contributed by atoms with Crippen molar-refractivity contribution < 1.29 is 4.79 Å². The van der Waals surface area contributed by atoms with Crippen molar-refractivity contribution in [3.8, 4) is 6.07 Å². The first kappa shape index (κ1) is 13.9. The molecule has 1 unspecified atom stereocenters. The summed E-state index contributed by atoms with van der Waals surface area (Å²) in [7, 11) is 0. The average Bonchev–Trinajstić information content (AvgIpc) is 2.23. The Morgan fingerprint density at radius 1 is 1.47 bits per heavy atom. The van der Waals surface area contributed by atoms with Crippen molar-refractivity contribution in [3.63, 3.8) is 0 Å². The highest BCUT2D eigenvalue weighted by Crippen LogP contribution is 2.07. The summed E-state index contributed by atoms with van der Waals surface area (Å²) in [6.07, 6.45) is 1.39. The van der Waals surface area contributed by atoms with E-state index in [-0.39, 0.29) is 11.9 Å². The molecule has 4 heteroatoms. The average molecular weight is 211 g/mol. The molecule has 0 saturated carbocycles. The number of carbonyl (C=O) groups excluding carboxylic acids is 1. The van der Waals surface area contributed by atoms with Crippen LogP contribution in [0, 0.1) is 11.3 Å². The molecule has 86 valence electrons. The second kappa shape index (κ2) is 8.25. The molecular formula is C11H21N3O. The zero-order valence-corrected chi connectivity index (χ0v) is 9.92. The number of carbonyl (C=O) groups is 1. The lowest BCUT2D eigenvalue weighted by Gasteiger charge is -2.27. The van der Waals surface area contributed by atoms with Crippen LogP contribution in [0.3, 0.4) is 0 Å². The fraction of sp³-hybridized carbons (Fsp3) is 0.818. The zero-order valence-electron chi connectivity index (χ0n) is 9.92. The van der Waals surface area contributed by atoms with Gasteiger partial charge in [-0.2, -0.15) is 5.26 Å². The maximum Gasteiger partial charge on any atom is 0.234 e. The van der Waals surface area contributed by atoms with E-state index in [9.17, 15) is 4.79 Å². The molecule has 1 amide bonds. The molecule has 0 fully saturated rings. The Labute approximate surface area is 92.3 Å². The van der Waals surface area contributed by atoms with Crippen molar-refractivity contribution in [1.29, 1.82) is 5.26 Å². The molecule has 15 heavy (non-hydrogen) atoms. The molecule has 1 N–H and O–H groups in total. The second-order valence-electron chi connectivity index (χ2n) is 3.44. The smallest absolute Gasteiger partial charge is 0.234 e. The highest BCUT2D eigenvalue weighted by atomic mass is 16.2. The van der Waals surface area contributed by atoms with Crippen LogP contribution in [0.4, 0.5) is 0 Å². The maximum absolute atomic E-state index is 11.4. The molecule has 0 bridgehead atoms. The number of rotatable bonds is 7. The third-order valence-electron chi connectivity index (χ3n) is 2.44. The number of nitrogens with zero attached hydrogens (tertiary/aromatic N) is 2. The Kier molecular flexibility index (Phi) is 7.65. The summed E-state index contributed by atoms with van der Waals surface area (Å²) in [6.45, 7) is 7.82. The number of nitrogens with one attached hydrogen (secondary N) is 1. The van der Waals surface area contributed by atoms with Crippen molar-refractivity contribution in [2.24, 2.45) is 0 Å². The van der Waals surface area contributed by atoms with Gasteiger partial charge in [-0.25, -0.2) is 0 Å². The molecule has 4 nitrogen and oxygen atoms in total. The Balaban J connectivity index is 4.20. The monoisotopic (exact) mass is 211 g/mol. The first-order chi connectivity index (χ1) is 7.19. The Morgan fingerprint density at radius 3 is 2.53 bits per heavy atom. The number of nitriles is 1. The summed E-state index contributed by atoms with van der Waals surface area (Å²) in [5.41, 5.74) is 0. The molecule has 0 aromatic rings.